The molecule has 2 unspecified atom stereocenters. The van der Waals surface area contributed by atoms with Gasteiger partial charge in [-0.05, 0) is 38.0 Å². The molecule has 0 radical (unpaired) electrons. The van der Waals surface area contributed by atoms with Gasteiger partial charge in [0, 0.05) is 5.41 Å². The van der Waals surface area contributed by atoms with Crippen molar-refractivity contribution in [1.82, 2.24) is 0 Å². The molecule has 0 aromatic heterocycles. The highest BCUT2D eigenvalue weighted by atomic mass is 16.3. The molecule has 94 valence electrons. The minimum absolute atomic E-state index is 0.143. The summed E-state index contributed by atoms with van der Waals surface area (Å²) >= 11 is 0. The minimum Gasteiger partial charge on any atom is -0.396 e. The van der Waals surface area contributed by atoms with E-state index in [1.165, 1.54) is 19.3 Å². The van der Waals surface area contributed by atoms with Gasteiger partial charge in [0.15, 0.2) is 0 Å². The number of aliphatic hydroxyl groups excluding tert-OH is 1. The van der Waals surface area contributed by atoms with Crippen LogP contribution in [-0.4, -0.2) is 22.4 Å². The maximum atomic E-state index is 10.9. The van der Waals surface area contributed by atoms with Gasteiger partial charge in [-0.25, -0.2) is 0 Å². The molecule has 2 atom stereocenters. The lowest BCUT2D eigenvalue weighted by Crippen LogP contribution is -2.54. The molecule has 0 spiro atoms. The van der Waals surface area contributed by atoms with Crippen molar-refractivity contribution in [2.24, 2.45) is 11.3 Å². The molecule has 0 heterocycles. The molecule has 0 amide bonds. The van der Waals surface area contributed by atoms with Gasteiger partial charge in [0.25, 0.3) is 0 Å². The Bertz CT molecular complexity index is 229. The van der Waals surface area contributed by atoms with Crippen molar-refractivity contribution in [3.05, 3.63) is 0 Å². The third-order valence-corrected chi connectivity index (χ3v) is 5.35. The molecule has 0 aromatic carbocycles. The molecule has 2 nitrogen and oxygen atoms in total. The maximum absolute atomic E-state index is 10.9. The third-order valence-electron chi connectivity index (χ3n) is 5.35. The molecule has 0 aliphatic heterocycles. The van der Waals surface area contributed by atoms with E-state index in [2.05, 4.69) is 6.92 Å². The number of hydrogen-bond acceptors (Lipinski definition) is 2. The highest BCUT2D eigenvalue weighted by Crippen LogP contribution is 2.54. The van der Waals surface area contributed by atoms with Crippen molar-refractivity contribution >= 4 is 0 Å². The number of aliphatic hydroxyl groups is 2. The zero-order valence-electron chi connectivity index (χ0n) is 10.5. The largest absolute Gasteiger partial charge is 0.396 e. The van der Waals surface area contributed by atoms with Crippen molar-refractivity contribution in [2.45, 2.75) is 70.3 Å². The zero-order chi connectivity index (χ0) is 11.6. The maximum Gasteiger partial charge on any atom is 0.0725 e. The first kappa shape index (κ1) is 12.4. The summed E-state index contributed by atoms with van der Waals surface area (Å²) in [5.41, 5.74) is -0.709. The molecule has 16 heavy (non-hydrogen) atoms. The molecular formula is C14H26O2. The zero-order valence-corrected chi connectivity index (χ0v) is 10.5. The van der Waals surface area contributed by atoms with Crippen LogP contribution in [0.5, 0.6) is 0 Å². The average molecular weight is 226 g/mol. The topological polar surface area (TPSA) is 40.5 Å². The van der Waals surface area contributed by atoms with Crippen LogP contribution in [0, 0.1) is 11.3 Å². The van der Waals surface area contributed by atoms with Crippen molar-refractivity contribution < 1.29 is 10.2 Å². The predicted molar refractivity (Wildman–Crippen MR) is 65.2 cm³/mol. The molecule has 2 fully saturated rings. The Morgan fingerprint density at radius 3 is 2.31 bits per heavy atom. The quantitative estimate of drug-likeness (QED) is 0.726. The summed E-state index contributed by atoms with van der Waals surface area (Å²) in [6.07, 6.45) is 9.83. The first-order valence-corrected chi connectivity index (χ1v) is 6.99. The molecule has 2 aliphatic carbocycles. The highest BCUT2D eigenvalue weighted by molar-refractivity contribution is 5.04. The van der Waals surface area contributed by atoms with Gasteiger partial charge in [0.1, 0.15) is 0 Å². The molecule has 0 saturated heterocycles. The van der Waals surface area contributed by atoms with Crippen molar-refractivity contribution in [3.8, 4) is 0 Å². The van der Waals surface area contributed by atoms with Crippen LogP contribution in [-0.2, 0) is 0 Å². The van der Waals surface area contributed by atoms with Crippen molar-refractivity contribution in [2.75, 3.05) is 6.61 Å². The van der Waals surface area contributed by atoms with Gasteiger partial charge in [0.2, 0.25) is 0 Å². The van der Waals surface area contributed by atoms with Crippen LogP contribution in [0.3, 0.4) is 0 Å². The van der Waals surface area contributed by atoms with Crippen LogP contribution in [0.15, 0.2) is 0 Å². The summed E-state index contributed by atoms with van der Waals surface area (Å²) in [4.78, 5) is 0. The van der Waals surface area contributed by atoms with Gasteiger partial charge in [0.05, 0.1) is 12.2 Å². The second-order valence-corrected chi connectivity index (χ2v) is 6.03. The fourth-order valence-electron chi connectivity index (χ4n) is 3.71. The molecule has 2 saturated carbocycles. The molecule has 0 bridgehead atoms. The van der Waals surface area contributed by atoms with Gasteiger partial charge < -0.3 is 10.2 Å². The van der Waals surface area contributed by atoms with Gasteiger partial charge >= 0.3 is 0 Å². The Hall–Kier alpha value is -0.0800. The standard InChI is InChI=1S/C14H26O2/c1-2-12-5-3-9-14(16,10-6-12)13(11-15)7-4-8-13/h12,15-16H,2-11H2,1H3. The van der Waals surface area contributed by atoms with E-state index in [1.807, 2.05) is 0 Å². The number of rotatable bonds is 3. The van der Waals surface area contributed by atoms with Crippen molar-refractivity contribution in [1.29, 1.82) is 0 Å². The van der Waals surface area contributed by atoms with Gasteiger partial charge in [-0.1, -0.05) is 32.6 Å². The fraction of sp³-hybridized carbons (Fsp3) is 1.00. The van der Waals surface area contributed by atoms with Gasteiger partial charge in [-0.3, -0.25) is 0 Å². The third kappa shape index (κ3) is 1.91. The lowest BCUT2D eigenvalue weighted by Gasteiger charge is -2.52. The lowest BCUT2D eigenvalue weighted by molar-refractivity contribution is -0.158. The Morgan fingerprint density at radius 2 is 1.81 bits per heavy atom. The van der Waals surface area contributed by atoms with Crippen LogP contribution in [0.4, 0.5) is 0 Å². The van der Waals surface area contributed by atoms with Gasteiger partial charge in [-0.15, -0.1) is 0 Å². The first-order valence-electron chi connectivity index (χ1n) is 6.99. The predicted octanol–water partition coefficient (Wildman–Crippen LogP) is 2.87. The van der Waals surface area contributed by atoms with E-state index in [4.69, 9.17) is 0 Å². The van der Waals surface area contributed by atoms with Crippen LogP contribution in [0.1, 0.15) is 64.7 Å². The van der Waals surface area contributed by atoms with E-state index in [0.29, 0.717) is 0 Å². The molecule has 2 N–H and O–H groups in total. The summed E-state index contributed by atoms with van der Waals surface area (Å²) in [5, 5.41) is 20.5. The Morgan fingerprint density at radius 1 is 1.06 bits per heavy atom. The van der Waals surface area contributed by atoms with Crippen LogP contribution in [0.2, 0.25) is 0 Å². The number of hydrogen-bond donors (Lipinski definition) is 2. The summed E-state index contributed by atoms with van der Waals surface area (Å²) in [6, 6.07) is 0. The van der Waals surface area contributed by atoms with Crippen LogP contribution < -0.4 is 0 Å². The molecule has 2 rings (SSSR count). The molecular weight excluding hydrogens is 200 g/mol. The molecule has 2 aliphatic rings. The normalized spacial score (nSPS) is 38.8. The fourth-order valence-corrected chi connectivity index (χ4v) is 3.71. The second kappa shape index (κ2) is 4.66. The lowest BCUT2D eigenvalue weighted by atomic mass is 9.57. The Labute approximate surface area is 99.1 Å². The Kier molecular flexibility index (Phi) is 3.60. The van der Waals surface area contributed by atoms with Crippen LogP contribution >= 0.6 is 0 Å². The minimum atomic E-state index is -0.566. The van der Waals surface area contributed by atoms with E-state index in [0.717, 1.165) is 44.4 Å². The van der Waals surface area contributed by atoms with Crippen LogP contribution in [0.25, 0.3) is 0 Å². The highest BCUT2D eigenvalue weighted by Gasteiger charge is 2.53. The van der Waals surface area contributed by atoms with E-state index in [9.17, 15) is 10.2 Å². The van der Waals surface area contributed by atoms with Crippen molar-refractivity contribution in [3.63, 3.8) is 0 Å². The van der Waals surface area contributed by atoms with E-state index < -0.39 is 5.60 Å². The summed E-state index contributed by atoms with van der Waals surface area (Å²) in [7, 11) is 0. The van der Waals surface area contributed by atoms with E-state index in [1.54, 1.807) is 0 Å². The Balaban J connectivity index is 2.06. The van der Waals surface area contributed by atoms with Gasteiger partial charge in [-0.2, -0.15) is 0 Å². The molecule has 2 heteroatoms. The van der Waals surface area contributed by atoms with E-state index in [-0.39, 0.29) is 12.0 Å². The average Bonchev–Trinajstić information content (AvgIpc) is 2.40. The second-order valence-electron chi connectivity index (χ2n) is 6.03. The summed E-state index contributed by atoms with van der Waals surface area (Å²) < 4.78 is 0. The van der Waals surface area contributed by atoms with E-state index >= 15 is 0 Å². The monoisotopic (exact) mass is 226 g/mol. The summed E-state index contributed by atoms with van der Waals surface area (Å²) in [6.45, 7) is 2.43. The first-order chi connectivity index (χ1) is 7.66. The SMILES string of the molecule is CCC1CCCC(O)(C2(CO)CCC2)CC1. The summed E-state index contributed by atoms with van der Waals surface area (Å²) in [5.74, 6) is 0.796. The smallest absolute Gasteiger partial charge is 0.0725 e. The molecule has 0 aromatic rings.